The molecule has 3 N–H and O–H groups in total. The van der Waals surface area contributed by atoms with Crippen LogP contribution in [0, 0.1) is 5.82 Å². The molecule has 0 aliphatic heterocycles. The molecule has 0 bridgehead atoms. The summed E-state index contributed by atoms with van der Waals surface area (Å²) < 4.78 is 14.4. The van der Waals surface area contributed by atoms with E-state index in [1.54, 1.807) is 36.4 Å². The van der Waals surface area contributed by atoms with Crippen molar-refractivity contribution in [1.82, 2.24) is 9.55 Å². The van der Waals surface area contributed by atoms with Crippen LogP contribution < -0.4 is 5.69 Å². The van der Waals surface area contributed by atoms with Crippen molar-refractivity contribution >= 4 is 11.0 Å². The summed E-state index contributed by atoms with van der Waals surface area (Å²) in [6.07, 6.45) is 1.06. The van der Waals surface area contributed by atoms with Gasteiger partial charge in [0.2, 0.25) is 0 Å². The number of aromatic nitrogens is 2. The second-order valence-corrected chi connectivity index (χ2v) is 6.38. The smallest absolute Gasteiger partial charge is 0.331 e. The predicted molar refractivity (Wildman–Crippen MR) is 101 cm³/mol. The molecule has 3 aromatic carbocycles. The Morgan fingerprint density at radius 1 is 0.926 bits per heavy atom. The number of rotatable bonds is 4. The van der Waals surface area contributed by atoms with Crippen LogP contribution in [0.15, 0.2) is 65.5 Å². The van der Waals surface area contributed by atoms with Crippen molar-refractivity contribution in [2.75, 3.05) is 0 Å². The standard InChI is InChI=1S/C21H17FN2O3/c22-15-9-6-13(7-10-15)5-8-14-11-18(20(26)12-19(14)25)24-17-4-2-1-3-16(17)23-21(24)27/h1-4,6-7,9-12,25-26H,5,8H2,(H,23,27). The van der Waals surface area contributed by atoms with E-state index in [9.17, 15) is 19.4 Å². The number of imidazole rings is 1. The number of aromatic amines is 1. The van der Waals surface area contributed by atoms with Crippen LogP contribution >= 0.6 is 0 Å². The van der Waals surface area contributed by atoms with Crippen molar-refractivity contribution in [3.63, 3.8) is 0 Å². The first-order valence-corrected chi connectivity index (χ1v) is 8.52. The maximum absolute atomic E-state index is 13.0. The van der Waals surface area contributed by atoms with Crippen molar-refractivity contribution in [3.8, 4) is 17.2 Å². The van der Waals surface area contributed by atoms with Crippen molar-refractivity contribution in [3.05, 3.63) is 88.1 Å². The molecule has 5 nitrogen and oxygen atoms in total. The van der Waals surface area contributed by atoms with Gasteiger partial charge in [0.1, 0.15) is 17.3 Å². The molecule has 0 spiro atoms. The van der Waals surface area contributed by atoms with E-state index in [4.69, 9.17) is 0 Å². The molecule has 1 heterocycles. The number of hydrogen-bond acceptors (Lipinski definition) is 3. The number of nitrogens with zero attached hydrogens (tertiary/aromatic N) is 1. The number of phenolic OH excluding ortho intramolecular Hbond substituents is 2. The minimum Gasteiger partial charge on any atom is -0.508 e. The van der Waals surface area contributed by atoms with Gasteiger partial charge in [0, 0.05) is 6.07 Å². The van der Waals surface area contributed by atoms with Gasteiger partial charge in [0.15, 0.2) is 0 Å². The summed E-state index contributed by atoms with van der Waals surface area (Å²) >= 11 is 0. The zero-order valence-electron chi connectivity index (χ0n) is 14.3. The number of halogens is 1. The SMILES string of the molecule is O=c1[nH]c2ccccc2n1-c1cc(CCc2ccc(F)cc2)c(O)cc1O. The fourth-order valence-corrected chi connectivity index (χ4v) is 3.21. The van der Waals surface area contributed by atoms with Crippen LogP contribution in [-0.4, -0.2) is 19.8 Å². The van der Waals surface area contributed by atoms with Crippen LogP contribution in [-0.2, 0) is 12.8 Å². The third kappa shape index (κ3) is 3.17. The van der Waals surface area contributed by atoms with E-state index >= 15 is 0 Å². The summed E-state index contributed by atoms with van der Waals surface area (Å²) in [7, 11) is 0. The van der Waals surface area contributed by atoms with Crippen molar-refractivity contribution in [2.24, 2.45) is 0 Å². The fraction of sp³-hybridized carbons (Fsp3) is 0.0952. The van der Waals surface area contributed by atoms with Crippen molar-refractivity contribution in [2.45, 2.75) is 12.8 Å². The Labute approximate surface area is 154 Å². The van der Waals surface area contributed by atoms with Crippen molar-refractivity contribution < 1.29 is 14.6 Å². The Morgan fingerprint density at radius 2 is 1.67 bits per heavy atom. The second kappa shape index (κ2) is 6.64. The molecule has 0 atom stereocenters. The Kier molecular flexibility index (Phi) is 4.16. The molecule has 0 radical (unpaired) electrons. The third-order valence-electron chi connectivity index (χ3n) is 4.60. The number of H-pyrrole nitrogens is 1. The number of aromatic hydroxyl groups is 2. The van der Waals surface area contributed by atoms with E-state index < -0.39 is 0 Å². The first-order valence-electron chi connectivity index (χ1n) is 8.52. The first-order chi connectivity index (χ1) is 13.0. The number of para-hydroxylation sites is 2. The minimum atomic E-state index is -0.373. The third-order valence-corrected chi connectivity index (χ3v) is 4.60. The Balaban J connectivity index is 1.74. The highest BCUT2D eigenvalue weighted by Gasteiger charge is 2.15. The summed E-state index contributed by atoms with van der Waals surface area (Å²) in [6.45, 7) is 0. The molecule has 4 aromatic rings. The van der Waals surface area contributed by atoms with E-state index in [-0.39, 0.29) is 23.0 Å². The van der Waals surface area contributed by atoms with Gasteiger partial charge in [0.25, 0.3) is 0 Å². The normalized spacial score (nSPS) is 11.1. The molecule has 0 saturated carbocycles. The fourth-order valence-electron chi connectivity index (χ4n) is 3.21. The lowest BCUT2D eigenvalue weighted by atomic mass is 10.0. The van der Waals surface area contributed by atoms with Gasteiger partial charge < -0.3 is 15.2 Å². The Morgan fingerprint density at radius 3 is 2.44 bits per heavy atom. The zero-order chi connectivity index (χ0) is 19.0. The molecule has 136 valence electrons. The highest BCUT2D eigenvalue weighted by molar-refractivity contribution is 5.78. The highest BCUT2D eigenvalue weighted by atomic mass is 19.1. The number of aryl methyl sites for hydroxylation is 2. The predicted octanol–water partition coefficient (Wildman–Crippen LogP) is 3.65. The van der Waals surface area contributed by atoms with E-state index in [2.05, 4.69) is 4.98 Å². The van der Waals surface area contributed by atoms with Gasteiger partial charge in [-0.05, 0) is 54.3 Å². The van der Waals surface area contributed by atoms with E-state index in [0.717, 1.165) is 5.56 Å². The molecule has 4 rings (SSSR count). The van der Waals surface area contributed by atoms with Gasteiger partial charge >= 0.3 is 5.69 Å². The van der Waals surface area contributed by atoms with Crippen LogP contribution in [0.25, 0.3) is 16.7 Å². The van der Waals surface area contributed by atoms with Gasteiger partial charge in [-0.2, -0.15) is 0 Å². The van der Waals surface area contributed by atoms with Crippen LogP contribution in [0.2, 0.25) is 0 Å². The molecule has 6 heteroatoms. The Bertz CT molecular complexity index is 1180. The van der Waals surface area contributed by atoms with E-state index in [1.165, 1.54) is 22.8 Å². The van der Waals surface area contributed by atoms with Gasteiger partial charge in [-0.25, -0.2) is 9.18 Å². The van der Waals surface area contributed by atoms with Gasteiger partial charge in [-0.15, -0.1) is 0 Å². The second-order valence-electron chi connectivity index (χ2n) is 6.38. The lowest BCUT2D eigenvalue weighted by Crippen LogP contribution is -2.15. The lowest BCUT2D eigenvalue weighted by molar-refractivity contribution is 0.444. The molecule has 0 saturated heterocycles. The van der Waals surface area contributed by atoms with Crippen LogP contribution in [0.4, 0.5) is 4.39 Å². The number of fused-ring (bicyclic) bond motifs is 1. The van der Waals surface area contributed by atoms with Crippen LogP contribution in [0.1, 0.15) is 11.1 Å². The summed E-state index contributed by atoms with van der Waals surface area (Å²) in [5, 5.41) is 20.5. The molecule has 0 fully saturated rings. The number of benzene rings is 3. The van der Waals surface area contributed by atoms with E-state index in [1.807, 2.05) is 6.07 Å². The monoisotopic (exact) mass is 364 g/mol. The maximum atomic E-state index is 13.0. The molecule has 0 amide bonds. The average Bonchev–Trinajstić information content (AvgIpc) is 2.98. The van der Waals surface area contributed by atoms with Crippen molar-refractivity contribution in [1.29, 1.82) is 0 Å². The summed E-state index contributed by atoms with van der Waals surface area (Å²) in [4.78, 5) is 15.1. The van der Waals surface area contributed by atoms with Gasteiger partial charge in [-0.3, -0.25) is 4.57 Å². The highest BCUT2D eigenvalue weighted by Crippen LogP contribution is 2.32. The molecule has 27 heavy (non-hydrogen) atoms. The Hall–Kier alpha value is -3.54. The van der Waals surface area contributed by atoms with Gasteiger partial charge in [0.05, 0.1) is 16.7 Å². The molecule has 0 aliphatic carbocycles. The van der Waals surface area contributed by atoms with Crippen LogP contribution in [0.3, 0.4) is 0 Å². The van der Waals surface area contributed by atoms with E-state index in [0.29, 0.717) is 35.1 Å². The topological polar surface area (TPSA) is 78.2 Å². The summed E-state index contributed by atoms with van der Waals surface area (Å²) in [5.41, 5.74) is 2.72. The zero-order valence-corrected chi connectivity index (χ0v) is 14.3. The number of nitrogens with one attached hydrogen (secondary N) is 1. The number of hydrogen-bond donors (Lipinski definition) is 3. The summed E-state index contributed by atoms with van der Waals surface area (Å²) in [5.74, 6) is -0.539. The molecule has 0 unspecified atom stereocenters. The first kappa shape index (κ1) is 16.9. The average molecular weight is 364 g/mol. The molecule has 0 aliphatic rings. The quantitative estimate of drug-likeness (QED) is 0.517. The van der Waals surface area contributed by atoms with Crippen LogP contribution in [0.5, 0.6) is 11.5 Å². The maximum Gasteiger partial charge on any atom is 0.331 e. The number of phenols is 2. The molecular formula is C21H17FN2O3. The molecule has 1 aromatic heterocycles. The molecular weight excluding hydrogens is 347 g/mol. The lowest BCUT2D eigenvalue weighted by Gasteiger charge is -2.11. The van der Waals surface area contributed by atoms with Gasteiger partial charge in [-0.1, -0.05) is 24.3 Å². The minimum absolute atomic E-state index is 0.0498. The summed E-state index contributed by atoms with van der Waals surface area (Å²) in [6, 6.07) is 16.2. The largest absolute Gasteiger partial charge is 0.508 e.